The first-order valence-electron chi connectivity index (χ1n) is 12.9. The third kappa shape index (κ3) is 6.63. The Morgan fingerprint density at radius 2 is 0.800 bits per heavy atom. The maximum Gasteiger partial charge on any atom is 0.0580 e. The first-order chi connectivity index (χ1) is 14.7. The van der Waals surface area contributed by atoms with Crippen LogP contribution in [-0.2, 0) is 0 Å². The van der Waals surface area contributed by atoms with Crippen molar-refractivity contribution in [3.63, 3.8) is 0 Å². The van der Waals surface area contributed by atoms with Crippen LogP contribution in [0.3, 0.4) is 0 Å². The number of aliphatic hydroxyl groups is 2. The number of rotatable bonds is 4. The third-order valence-electron chi connectivity index (χ3n) is 8.39. The topological polar surface area (TPSA) is 53.4 Å². The van der Waals surface area contributed by atoms with E-state index in [0.29, 0.717) is 11.8 Å². The van der Waals surface area contributed by atoms with Gasteiger partial charge in [-0.15, -0.1) is 0 Å². The summed E-state index contributed by atoms with van der Waals surface area (Å²) in [6.07, 6.45) is 9.23. The highest BCUT2D eigenvalue weighted by Gasteiger charge is 2.28. The molecule has 0 aromatic rings. The van der Waals surface area contributed by atoms with E-state index in [0.717, 1.165) is 78.3 Å². The van der Waals surface area contributed by atoms with E-state index >= 15 is 0 Å². The van der Waals surface area contributed by atoms with Gasteiger partial charge in [-0.05, 0) is 37.5 Å². The summed E-state index contributed by atoms with van der Waals surface area (Å²) in [6, 6.07) is 0. The van der Waals surface area contributed by atoms with Crippen LogP contribution in [0.2, 0.25) is 0 Å². The first kappa shape index (κ1) is 22.9. The predicted octanol–water partition coefficient (Wildman–Crippen LogP) is 1.32. The van der Waals surface area contributed by atoms with Gasteiger partial charge < -0.3 is 20.0 Å². The lowest BCUT2D eigenvalue weighted by Gasteiger charge is -2.36. The number of nitrogens with zero attached hydrogens (tertiary/aromatic N) is 4. The molecule has 0 spiro atoms. The predicted molar refractivity (Wildman–Crippen MR) is 122 cm³/mol. The second kappa shape index (κ2) is 11.6. The van der Waals surface area contributed by atoms with Gasteiger partial charge in [-0.1, -0.05) is 25.7 Å². The largest absolute Gasteiger partial charge is 0.393 e. The summed E-state index contributed by atoms with van der Waals surface area (Å²) < 4.78 is 0. The number of aliphatic hydroxyl groups excluding tert-OH is 2. The number of fused-ring (bicyclic) bond motifs is 3. The van der Waals surface area contributed by atoms with E-state index < -0.39 is 0 Å². The summed E-state index contributed by atoms with van der Waals surface area (Å²) >= 11 is 0. The summed E-state index contributed by atoms with van der Waals surface area (Å²) in [5, 5.41) is 20.9. The second-order valence-corrected chi connectivity index (χ2v) is 10.5. The molecule has 2 heterocycles. The van der Waals surface area contributed by atoms with E-state index in [2.05, 4.69) is 19.6 Å². The SMILES string of the molecule is OC1CCCCC1CN1CCN2CCN(CC1)CCN(CC1CCCCC1O)CC2. The number of hydrogen-bond acceptors (Lipinski definition) is 6. The molecule has 2 saturated carbocycles. The van der Waals surface area contributed by atoms with Crippen molar-refractivity contribution >= 4 is 0 Å². The van der Waals surface area contributed by atoms with Crippen LogP contribution in [0.1, 0.15) is 51.4 Å². The Morgan fingerprint density at radius 1 is 0.467 bits per heavy atom. The van der Waals surface area contributed by atoms with Crippen molar-refractivity contribution in [3.8, 4) is 0 Å². The van der Waals surface area contributed by atoms with Gasteiger partial charge >= 0.3 is 0 Å². The molecule has 4 unspecified atom stereocenters. The van der Waals surface area contributed by atoms with Gasteiger partial charge in [-0.25, -0.2) is 0 Å². The van der Waals surface area contributed by atoms with E-state index in [1.807, 2.05) is 0 Å². The average molecular weight is 423 g/mol. The summed E-state index contributed by atoms with van der Waals surface area (Å²) in [7, 11) is 0. The van der Waals surface area contributed by atoms with Crippen molar-refractivity contribution in [1.82, 2.24) is 19.6 Å². The van der Waals surface area contributed by atoms with Crippen LogP contribution in [0.5, 0.6) is 0 Å². The van der Waals surface area contributed by atoms with Gasteiger partial charge in [-0.3, -0.25) is 9.80 Å². The Kier molecular flexibility index (Phi) is 8.85. The van der Waals surface area contributed by atoms with Gasteiger partial charge in [0.05, 0.1) is 12.2 Å². The fourth-order valence-electron chi connectivity index (χ4n) is 6.14. The van der Waals surface area contributed by atoms with Crippen LogP contribution in [0.25, 0.3) is 0 Å². The number of hydrogen-bond donors (Lipinski definition) is 2. The molecular weight excluding hydrogens is 376 g/mol. The molecule has 2 aliphatic carbocycles. The lowest BCUT2D eigenvalue weighted by atomic mass is 9.86. The molecule has 2 saturated heterocycles. The maximum atomic E-state index is 10.4. The molecule has 6 nitrogen and oxygen atoms in total. The van der Waals surface area contributed by atoms with Crippen molar-refractivity contribution in [2.45, 2.75) is 63.6 Å². The molecule has 2 aliphatic heterocycles. The quantitative estimate of drug-likeness (QED) is 0.713. The molecule has 4 aliphatic rings. The van der Waals surface area contributed by atoms with Crippen molar-refractivity contribution < 1.29 is 10.2 Å². The molecule has 6 heteroatoms. The fourth-order valence-corrected chi connectivity index (χ4v) is 6.14. The first-order valence-corrected chi connectivity index (χ1v) is 12.9. The normalized spacial score (nSPS) is 40.6. The summed E-state index contributed by atoms with van der Waals surface area (Å²) in [4.78, 5) is 10.6. The molecule has 2 bridgehead atoms. The van der Waals surface area contributed by atoms with Gasteiger partial charge in [0.2, 0.25) is 0 Å². The van der Waals surface area contributed by atoms with Crippen LogP contribution in [-0.4, -0.2) is 121 Å². The molecule has 4 atom stereocenters. The highest BCUT2D eigenvalue weighted by atomic mass is 16.3. The minimum absolute atomic E-state index is 0.0823. The lowest BCUT2D eigenvalue weighted by molar-refractivity contribution is 0.0381. The molecule has 4 fully saturated rings. The van der Waals surface area contributed by atoms with Crippen molar-refractivity contribution in [2.24, 2.45) is 11.8 Å². The van der Waals surface area contributed by atoms with Crippen LogP contribution in [0, 0.1) is 11.8 Å². The summed E-state index contributed by atoms with van der Waals surface area (Å²) in [5.74, 6) is 0.957. The van der Waals surface area contributed by atoms with E-state index in [9.17, 15) is 10.2 Å². The average Bonchev–Trinajstić information content (AvgIpc) is 2.90. The molecular formula is C24H46N4O2. The van der Waals surface area contributed by atoms with Crippen molar-refractivity contribution in [3.05, 3.63) is 0 Å². The van der Waals surface area contributed by atoms with Gasteiger partial charge in [0.25, 0.3) is 0 Å². The van der Waals surface area contributed by atoms with E-state index in [-0.39, 0.29) is 12.2 Å². The van der Waals surface area contributed by atoms with Gasteiger partial charge in [0.15, 0.2) is 0 Å². The van der Waals surface area contributed by atoms with Crippen LogP contribution in [0.4, 0.5) is 0 Å². The highest BCUT2D eigenvalue weighted by molar-refractivity contribution is 4.83. The summed E-state index contributed by atoms with van der Waals surface area (Å²) in [6.45, 7) is 13.7. The van der Waals surface area contributed by atoms with E-state index in [1.54, 1.807) is 0 Å². The zero-order chi connectivity index (χ0) is 20.8. The molecule has 0 radical (unpaired) electrons. The lowest BCUT2D eigenvalue weighted by Crippen LogP contribution is -2.46. The minimum Gasteiger partial charge on any atom is -0.393 e. The van der Waals surface area contributed by atoms with Crippen molar-refractivity contribution in [1.29, 1.82) is 0 Å². The molecule has 2 N–H and O–H groups in total. The van der Waals surface area contributed by atoms with E-state index in [4.69, 9.17) is 0 Å². The smallest absolute Gasteiger partial charge is 0.0580 e. The Morgan fingerprint density at radius 3 is 1.17 bits per heavy atom. The fraction of sp³-hybridized carbons (Fsp3) is 1.00. The molecule has 174 valence electrons. The van der Waals surface area contributed by atoms with Gasteiger partial charge in [0.1, 0.15) is 0 Å². The summed E-state index contributed by atoms with van der Waals surface area (Å²) in [5.41, 5.74) is 0. The Balaban J connectivity index is 1.31. The second-order valence-electron chi connectivity index (χ2n) is 10.5. The monoisotopic (exact) mass is 422 g/mol. The Labute approximate surface area is 184 Å². The third-order valence-corrected chi connectivity index (χ3v) is 8.39. The molecule has 0 aromatic heterocycles. The maximum absolute atomic E-state index is 10.4. The van der Waals surface area contributed by atoms with Crippen LogP contribution in [0.15, 0.2) is 0 Å². The molecule has 30 heavy (non-hydrogen) atoms. The molecule has 0 aromatic carbocycles. The molecule has 4 rings (SSSR count). The zero-order valence-corrected chi connectivity index (χ0v) is 19.1. The standard InChI is InChI=1S/C24H46N4O2/c29-23-7-3-1-5-21(23)19-27-15-11-25-9-10-26(12-16-27)14-18-28(17-13-25)20-22-6-2-4-8-24(22)30/h21-24,29-30H,1-20H2. The Hall–Kier alpha value is -0.240. The van der Waals surface area contributed by atoms with Crippen LogP contribution < -0.4 is 0 Å². The Bertz CT molecular complexity index is 448. The van der Waals surface area contributed by atoms with Gasteiger partial charge in [0, 0.05) is 78.5 Å². The zero-order valence-electron chi connectivity index (χ0n) is 19.1. The van der Waals surface area contributed by atoms with Gasteiger partial charge in [-0.2, -0.15) is 0 Å². The van der Waals surface area contributed by atoms with Crippen LogP contribution >= 0.6 is 0 Å². The van der Waals surface area contributed by atoms with Crippen molar-refractivity contribution in [2.75, 3.05) is 78.5 Å². The highest BCUT2D eigenvalue weighted by Crippen LogP contribution is 2.26. The van der Waals surface area contributed by atoms with E-state index in [1.165, 1.54) is 51.6 Å². The molecule has 0 amide bonds. The minimum atomic E-state index is -0.0823.